The molecule has 0 radical (unpaired) electrons. The quantitative estimate of drug-likeness (QED) is 0.908. The van der Waals surface area contributed by atoms with Crippen LogP contribution >= 0.6 is 11.6 Å². The summed E-state index contributed by atoms with van der Waals surface area (Å²) in [5.41, 5.74) is 2.16. The van der Waals surface area contributed by atoms with Crippen molar-refractivity contribution in [3.8, 4) is 0 Å². The number of nitrogens with one attached hydrogen (secondary N) is 2. The van der Waals surface area contributed by atoms with Crippen LogP contribution < -0.4 is 10.6 Å². The highest BCUT2D eigenvalue weighted by atomic mass is 35.5. The minimum absolute atomic E-state index is 0.126. The Morgan fingerprint density at radius 3 is 2.29 bits per heavy atom. The Morgan fingerprint density at radius 1 is 1.00 bits per heavy atom. The molecule has 0 saturated carbocycles. The van der Waals surface area contributed by atoms with Crippen LogP contribution in [0, 0.1) is 0 Å². The fraction of sp³-hybridized carbons (Fsp3) is 0.125. The summed E-state index contributed by atoms with van der Waals surface area (Å²) in [6.45, 7) is 1.45. The molecule has 2 aromatic carbocycles. The van der Waals surface area contributed by atoms with Crippen LogP contribution in [0.15, 0.2) is 48.5 Å². The summed E-state index contributed by atoms with van der Waals surface area (Å²) in [4.78, 5) is 22.9. The fourth-order valence-corrected chi connectivity index (χ4v) is 2.03. The summed E-state index contributed by atoms with van der Waals surface area (Å²) >= 11 is 5.99. The van der Waals surface area contributed by atoms with Gasteiger partial charge in [-0.25, -0.2) is 0 Å². The standard InChI is InChI=1S/C16H15ClN2O2/c1-11(20)18-13-8-6-12(7-9-13)10-16(21)19-15-5-3-2-4-14(15)17/h2-9H,10H2,1H3,(H,18,20)(H,19,21). The Kier molecular flexibility index (Phi) is 4.95. The highest BCUT2D eigenvalue weighted by molar-refractivity contribution is 6.33. The first-order valence-electron chi connectivity index (χ1n) is 6.45. The van der Waals surface area contributed by atoms with E-state index >= 15 is 0 Å². The van der Waals surface area contributed by atoms with E-state index in [0.29, 0.717) is 16.4 Å². The van der Waals surface area contributed by atoms with Crippen molar-refractivity contribution in [2.45, 2.75) is 13.3 Å². The predicted octanol–water partition coefficient (Wildman–Crippen LogP) is 3.48. The first-order valence-corrected chi connectivity index (χ1v) is 6.83. The lowest BCUT2D eigenvalue weighted by Gasteiger charge is -2.08. The Morgan fingerprint density at radius 2 is 1.67 bits per heavy atom. The molecule has 4 nitrogen and oxygen atoms in total. The first kappa shape index (κ1) is 15.1. The topological polar surface area (TPSA) is 58.2 Å². The van der Waals surface area contributed by atoms with Gasteiger partial charge in [-0.3, -0.25) is 9.59 Å². The van der Waals surface area contributed by atoms with Crippen molar-refractivity contribution in [2.75, 3.05) is 10.6 Å². The van der Waals surface area contributed by atoms with E-state index in [4.69, 9.17) is 11.6 Å². The largest absolute Gasteiger partial charge is 0.326 e. The van der Waals surface area contributed by atoms with E-state index in [2.05, 4.69) is 10.6 Å². The van der Waals surface area contributed by atoms with Gasteiger partial charge in [0.15, 0.2) is 0 Å². The molecule has 0 aliphatic carbocycles. The van der Waals surface area contributed by atoms with Crippen molar-refractivity contribution in [1.29, 1.82) is 0 Å². The van der Waals surface area contributed by atoms with Crippen LogP contribution in [0.3, 0.4) is 0 Å². The van der Waals surface area contributed by atoms with Crippen molar-refractivity contribution in [2.24, 2.45) is 0 Å². The van der Waals surface area contributed by atoms with Crippen LogP contribution in [-0.2, 0) is 16.0 Å². The van der Waals surface area contributed by atoms with Crippen LogP contribution in [0.25, 0.3) is 0 Å². The number of carbonyl (C=O) groups excluding carboxylic acids is 2. The Hall–Kier alpha value is -2.33. The Labute approximate surface area is 128 Å². The molecule has 108 valence electrons. The van der Waals surface area contributed by atoms with Crippen molar-refractivity contribution >= 4 is 34.8 Å². The molecular formula is C16H15ClN2O2. The SMILES string of the molecule is CC(=O)Nc1ccc(CC(=O)Nc2ccccc2Cl)cc1. The van der Waals surface area contributed by atoms with Crippen LogP contribution in [0.5, 0.6) is 0 Å². The van der Waals surface area contributed by atoms with Gasteiger partial charge in [-0.2, -0.15) is 0 Å². The van der Waals surface area contributed by atoms with Gasteiger partial charge < -0.3 is 10.6 Å². The second-order valence-corrected chi connectivity index (χ2v) is 4.99. The summed E-state index contributed by atoms with van der Waals surface area (Å²) in [5.74, 6) is -0.269. The van der Waals surface area contributed by atoms with E-state index < -0.39 is 0 Å². The number of amides is 2. The normalized spacial score (nSPS) is 10.0. The maximum atomic E-state index is 12.0. The van der Waals surface area contributed by atoms with Gasteiger partial charge in [0.25, 0.3) is 0 Å². The maximum Gasteiger partial charge on any atom is 0.228 e. The van der Waals surface area contributed by atoms with E-state index in [1.54, 1.807) is 42.5 Å². The summed E-state index contributed by atoms with van der Waals surface area (Å²) < 4.78 is 0. The van der Waals surface area contributed by atoms with Crippen LogP contribution in [0.2, 0.25) is 5.02 Å². The number of halogens is 1. The van der Waals surface area contributed by atoms with E-state index in [1.807, 2.05) is 6.07 Å². The molecule has 0 saturated heterocycles. The maximum absolute atomic E-state index is 12.0. The molecule has 0 spiro atoms. The van der Waals surface area contributed by atoms with E-state index in [1.165, 1.54) is 6.92 Å². The van der Waals surface area contributed by atoms with Crippen LogP contribution in [0.1, 0.15) is 12.5 Å². The van der Waals surface area contributed by atoms with Gasteiger partial charge in [0.1, 0.15) is 0 Å². The fourth-order valence-electron chi connectivity index (χ4n) is 1.85. The third-order valence-corrected chi connectivity index (χ3v) is 3.12. The minimum atomic E-state index is -0.143. The molecule has 0 unspecified atom stereocenters. The molecule has 0 aromatic heterocycles. The number of benzene rings is 2. The monoisotopic (exact) mass is 302 g/mol. The molecule has 2 rings (SSSR count). The molecule has 5 heteroatoms. The molecule has 0 bridgehead atoms. The minimum Gasteiger partial charge on any atom is -0.326 e. The van der Waals surface area contributed by atoms with Crippen molar-refractivity contribution in [3.05, 3.63) is 59.1 Å². The van der Waals surface area contributed by atoms with Crippen LogP contribution in [-0.4, -0.2) is 11.8 Å². The zero-order chi connectivity index (χ0) is 15.2. The summed E-state index contributed by atoms with van der Waals surface area (Å²) in [6.07, 6.45) is 0.242. The average Bonchev–Trinajstić information content (AvgIpc) is 2.43. The first-order chi connectivity index (χ1) is 10.0. The highest BCUT2D eigenvalue weighted by Gasteiger charge is 2.06. The van der Waals surface area contributed by atoms with Crippen molar-refractivity contribution in [3.63, 3.8) is 0 Å². The van der Waals surface area contributed by atoms with Crippen molar-refractivity contribution in [1.82, 2.24) is 0 Å². The molecule has 2 N–H and O–H groups in total. The van der Waals surface area contributed by atoms with Gasteiger partial charge in [-0.05, 0) is 29.8 Å². The predicted molar refractivity (Wildman–Crippen MR) is 84.5 cm³/mol. The smallest absolute Gasteiger partial charge is 0.228 e. The molecule has 2 aromatic rings. The lowest BCUT2D eigenvalue weighted by molar-refractivity contribution is -0.116. The number of para-hydroxylation sites is 1. The molecule has 0 fully saturated rings. The second kappa shape index (κ2) is 6.90. The number of anilines is 2. The highest BCUT2D eigenvalue weighted by Crippen LogP contribution is 2.20. The van der Waals surface area contributed by atoms with Gasteiger partial charge >= 0.3 is 0 Å². The van der Waals surface area contributed by atoms with Crippen LogP contribution in [0.4, 0.5) is 11.4 Å². The average molecular weight is 303 g/mol. The van der Waals surface area contributed by atoms with E-state index in [-0.39, 0.29) is 18.2 Å². The summed E-state index contributed by atoms with van der Waals surface area (Å²) in [7, 11) is 0. The molecular weight excluding hydrogens is 288 g/mol. The number of carbonyl (C=O) groups is 2. The number of hydrogen-bond donors (Lipinski definition) is 2. The van der Waals surface area contributed by atoms with Gasteiger partial charge in [0.2, 0.25) is 11.8 Å². The van der Waals surface area contributed by atoms with Crippen molar-refractivity contribution < 1.29 is 9.59 Å². The number of hydrogen-bond acceptors (Lipinski definition) is 2. The third kappa shape index (κ3) is 4.61. The molecule has 0 aliphatic rings. The van der Waals surface area contributed by atoms with Gasteiger partial charge in [-0.1, -0.05) is 35.9 Å². The molecule has 0 atom stereocenters. The lowest BCUT2D eigenvalue weighted by Crippen LogP contribution is -2.14. The third-order valence-electron chi connectivity index (χ3n) is 2.79. The van der Waals surface area contributed by atoms with Gasteiger partial charge in [-0.15, -0.1) is 0 Å². The van der Waals surface area contributed by atoms with Gasteiger partial charge in [0.05, 0.1) is 17.1 Å². The molecule has 2 amide bonds. The zero-order valence-corrected chi connectivity index (χ0v) is 12.3. The molecule has 0 heterocycles. The number of rotatable bonds is 4. The second-order valence-electron chi connectivity index (χ2n) is 4.58. The van der Waals surface area contributed by atoms with E-state index in [9.17, 15) is 9.59 Å². The lowest BCUT2D eigenvalue weighted by atomic mass is 10.1. The molecule has 0 aliphatic heterocycles. The Bertz CT molecular complexity index is 654. The zero-order valence-electron chi connectivity index (χ0n) is 11.5. The summed E-state index contributed by atoms with van der Waals surface area (Å²) in [6, 6.07) is 14.2. The van der Waals surface area contributed by atoms with Gasteiger partial charge in [0, 0.05) is 12.6 Å². The molecule has 21 heavy (non-hydrogen) atoms. The Balaban J connectivity index is 1.96. The van der Waals surface area contributed by atoms with E-state index in [0.717, 1.165) is 5.56 Å². The summed E-state index contributed by atoms with van der Waals surface area (Å²) in [5, 5.41) is 5.95.